The number of rotatable bonds is 6. The summed E-state index contributed by atoms with van der Waals surface area (Å²) in [5.41, 5.74) is 0. The maximum atomic E-state index is 11.1. The smallest absolute Gasteiger partial charge is 0.307 e. The van der Waals surface area contributed by atoms with E-state index in [1.807, 2.05) is 20.8 Å². The average Bonchev–Trinajstić information content (AvgIpc) is 2.24. The Morgan fingerprint density at radius 2 is 2.13 bits per heavy atom. The molecule has 0 fully saturated rings. The monoisotopic (exact) mass is 212 g/mol. The van der Waals surface area contributed by atoms with Gasteiger partial charge in [0.05, 0.1) is 25.5 Å². The zero-order chi connectivity index (χ0) is 11.8. The van der Waals surface area contributed by atoms with Gasteiger partial charge >= 0.3 is 5.97 Å². The molecule has 0 amide bonds. The van der Waals surface area contributed by atoms with Crippen LogP contribution in [0.3, 0.4) is 0 Å². The Balaban J connectivity index is 4.16. The first-order valence-electron chi connectivity index (χ1n) is 5.25. The van der Waals surface area contributed by atoms with Gasteiger partial charge in [-0.3, -0.25) is 9.69 Å². The van der Waals surface area contributed by atoms with Crippen molar-refractivity contribution >= 4 is 5.97 Å². The summed E-state index contributed by atoms with van der Waals surface area (Å²) in [6, 6.07) is 2.32. The minimum atomic E-state index is -0.203. The lowest BCUT2D eigenvalue weighted by atomic mass is 10.1. The van der Waals surface area contributed by atoms with Crippen LogP contribution in [0.25, 0.3) is 0 Å². The molecule has 0 radical (unpaired) electrons. The lowest BCUT2D eigenvalue weighted by Gasteiger charge is -2.27. The number of esters is 1. The van der Waals surface area contributed by atoms with Crippen molar-refractivity contribution in [3.8, 4) is 6.07 Å². The fraction of sp³-hybridized carbons (Fsp3) is 0.818. The number of ether oxygens (including phenoxy) is 1. The van der Waals surface area contributed by atoms with E-state index in [4.69, 9.17) is 5.26 Å². The molecule has 0 heterocycles. The molecule has 0 aromatic carbocycles. The second kappa shape index (κ2) is 7.24. The van der Waals surface area contributed by atoms with Crippen LogP contribution in [0.4, 0.5) is 0 Å². The number of nitrogens with zero attached hydrogens (tertiary/aromatic N) is 2. The van der Waals surface area contributed by atoms with Crippen LogP contribution in [0.1, 0.15) is 27.2 Å². The van der Waals surface area contributed by atoms with Gasteiger partial charge in [0.2, 0.25) is 0 Å². The molecule has 0 aromatic heterocycles. The Kier molecular flexibility index (Phi) is 6.72. The second-order valence-corrected chi connectivity index (χ2v) is 3.75. The second-order valence-electron chi connectivity index (χ2n) is 3.75. The van der Waals surface area contributed by atoms with Crippen LogP contribution in [0.2, 0.25) is 0 Å². The Labute approximate surface area is 91.8 Å². The van der Waals surface area contributed by atoms with Gasteiger partial charge in [0.1, 0.15) is 0 Å². The molecular weight excluding hydrogens is 192 g/mol. The summed E-state index contributed by atoms with van der Waals surface area (Å²) in [6.45, 7) is 7.42. The van der Waals surface area contributed by atoms with Gasteiger partial charge < -0.3 is 4.74 Å². The molecular formula is C11H20N2O2. The van der Waals surface area contributed by atoms with Crippen molar-refractivity contribution < 1.29 is 9.53 Å². The molecule has 86 valence electrons. The van der Waals surface area contributed by atoms with Crippen LogP contribution in [0, 0.1) is 17.2 Å². The fourth-order valence-electron chi connectivity index (χ4n) is 1.47. The maximum Gasteiger partial charge on any atom is 0.307 e. The third-order valence-electron chi connectivity index (χ3n) is 2.45. The average molecular weight is 212 g/mol. The van der Waals surface area contributed by atoms with Crippen molar-refractivity contribution in [1.82, 2.24) is 4.90 Å². The molecule has 0 aromatic rings. The van der Waals surface area contributed by atoms with Crippen LogP contribution < -0.4 is 0 Å². The summed E-state index contributed by atoms with van der Waals surface area (Å²) in [6.07, 6.45) is 0.377. The molecule has 4 nitrogen and oxygen atoms in total. The van der Waals surface area contributed by atoms with E-state index in [1.54, 1.807) is 0 Å². The summed E-state index contributed by atoms with van der Waals surface area (Å²) in [5.74, 6) is -0.212. The van der Waals surface area contributed by atoms with Gasteiger partial charge in [0.25, 0.3) is 0 Å². The summed E-state index contributed by atoms with van der Waals surface area (Å²) < 4.78 is 4.62. The van der Waals surface area contributed by atoms with Crippen LogP contribution in [-0.2, 0) is 9.53 Å². The molecule has 0 rings (SSSR count). The van der Waals surface area contributed by atoms with Crippen molar-refractivity contribution in [2.24, 2.45) is 5.92 Å². The van der Waals surface area contributed by atoms with Crippen LogP contribution in [0.5, 0.6) is 0 Å². The zero-order valence-corrected chi connectivity index (χ0v) is 9.99. The molecule has 0 saturated heterocycles. The van der Waals surface area contributed by atoms with Crippen molar-refractivity contribution in [3.05, 3.63) is 0 Å². The van der Waals surface area contributed by atoms with E-state index in [1.165, 1.54) is 7.11 Å². The lowest BCUT2D eigenvalue weighted by Crippen LogP contribution is -2.37. The highest BCUT2D eigenvalue weighted by atomic mass is 16.5. The predicted molar refractivity (Wildman–Crippen MR) is 58.1 cm³/mol. The van der Waals surface area contributed by atoms with Crippen molar-refractivity contribution in [2.45, 2.75) is 33.2 Å². The quantitative estimate of drug-likeness (QED) is 0.625. The summed E-state index contributed by atoms with van der Waals surface area (Å²) in [5, 5.41) is 8.72. The molecule has 0 aliphatic heterocycles. The van der Waals surface area contributed by atoms with E-state index in [2.05, 4.69) is 15.7 Å². The lowest BCUT2D eigenvalue weighted by molar-refractivity contribution is -0.141. The van der Waals surface area contributed by atoms with E-state index in [9.17, 15) is 4.79 Å². The summed E-state index contributed by atoms with van der Waals surface area (Å²) in [4.78, 5) is 13.2. The molecule has 0 N–H and O–H groups in total. The van der Waals surface area contributed by atoms with Crippen LogP contribution in [0.15, 0.2) is 0 Å². The van der Waals surface area contributed by atoms with E-state index >= 15 is 0 Å². The zero-order valence-electron chi connectivity index (χ0n) is 9.99. The largest absolute Gasteiger partial charge is 0.469 e. The topological polar surface area (TPSA) is 53.3 Å². The van der Waals surface area contributed by atoms with E-state index in [0.717, 1.165) is 6.54 Å². The fourth-order valence-corrected chi connectivity index (χ4v) is 1.47. The van der Waals surface area contributed by atoms with E-state index < -0.39 is 0 Å². The summed E-state index contributed by atoms with van der Waals surface area (Å²) in [7, 11) is 1.39. The first kappa shape index (κ1) is 13.9. The molecule has 0 bridgehead atoms. The van der Waals surface area contributed by atoms with Gasteiger partial charge in [-0.1, -0.05) is 6.92 Å². The van der Waals surface area contributed by atoms with E-state index in [0.29, 0.717) is 13.0 Å². The highest BCUT2D eigenvalue weighted by molar-refractivity contribution is 5.69. The highest BCUT2D eigenvalue weighted by Gasteiger charge is 2.17. The molecule has 15 heavy (non-hydrogen) atoms. The van der Waals surface area contributed by atoms with Gasteiger partial charge in [-0.2, -0.15) is 5.26 Å². The van der Waals surface area contributed by atoms with Gasteiger partial charge in [-0.05, 0) is 20.4 Å². The molecule has 0 saturated carbocycles. The number of carbonyl (C=O) groups is 1. The number of carbonyl (C=O) groups excluding carboxylic acids is 1. The molecule has 2 atom stereocenters. The highest BCUT2D eigenvalue weighted by Crippen LogP contribution is 2.07. The van der Waals surface area contributed by atoms with Crippen molar-refractivity contribution in [1.29, 1.82) is 5.26 Å². The Bertz CT molecular complexity index is 235. The van der Waals surface area contributed by atoms with Crippen molar-refractivity contribution in [3.63, 3.8) is 0 Å². The molecule has 0 spiro atoms. The summed E-state index contributed by atoms with van der Waals surface area (Å²) >= 11 is 0. The number of hydrogen-bond acceptors (Lipinski definition) is 4. The predicted octanol–water partition coefficient (Wildman–Crippen LogP) is 1.42. The van der Waals surface area contributed by atoms with Crippen LogP contribution >= 0.6 is 0 Å². The van der Waals surface area contributed by atoms with Gasteiger partial charge in [-0.15, -0.1) is 0 Å². The molecule has 2 unspecified atom stereocenters. The molecule has 0 aliphatic carbocycles. The van der Waals surface area contributed by atoms with Crippen molar-refractivity contribution in [2.75, 3.05) is 20.2 Å². The first-order chi connectivity index (χ1) is 7.04. The Hall–Kier alpha value is -1.08. The molecule has 4 heteroatoms. The van der Waals surface area contributed by atoms with Crippen LogP contribution in [-0.4, -0.2) is 37.1 Å². The maximum absolute atomic E-state index is 11.1. The standard InChI is InChI=1S/C11H20N2O2/c1-5-13(8-9(2)7-12)10(3)6-11(14)15-4/h9-10H,5-6,8H2,1-4H3. The SMILES string of the molecule is CCN(CC(C)C#N)C(C)CC(=O)OC. The Morgan fingerprint density at radius 3 is 2.53 bits per heavy atom. The van der Waals surface area contributed by atoms with Gasteiger partial charge in [0.15, 0.2) is 0 Å². The third-order valence-corrected chi connectivity index (χ3v) is 2.45. The minimum absolute atomic E-state index is 0.00922. The number of methoxy groups -OCH3 is 1. The third kappa shape index (κ3) is 5.38. The van der Waals surface area contributed by atoms with E-state index in [-0.39, 0.29) is 17.9 Å². The van der Waals surface area contributed by atoms with Gasteiger partial charge in [0, 0.05) is 12.6 Å². The number of nitriles is 1. The Morgan fingerprint density at radius 1 is 1.53 bits per heavy atom. The number of hydrogen-bond donors (Lipinski definition) is 0. The normalized spacial score (nSPS) is 14.4. The minimum Gasteiger partial charge on any atom is -0.469 e. The molecule has 0 aliphatic rings. The first-order valence-corrected chi connectivity index (χ1v) is 5.25. The van der Waals surface area contributed by atoms with Gasteiger partial charge in [-0.25, -0.2) is 0 Å².